The predicted octanol–water partition coefficient (Wildman–Crippen LogP) is 2.26. The van der Waals surface area contributed by atoms with E-state index < -0.39 is 0 Å². The first-order chi connectivity index (χ1) is 5.22. The quantitative estimate of drug-likeness (QED) is 0.613. The minimum atomic E-state index is 0.750. The summed E-state index contributed by atoms with van der Waals surface area (Å²) in [5, 5.41) is 0. The van der Waals surface area contributed by atoms with Crippen molar-refractivity contribution in [3.63, 3.8) is 0 Å². The molecule has 0 unspecified atom stereocenters. The van der Waals surface area contributed by atoms with Crippen LogP contribution >= 0.6 is 12.6 Å². The first-order valence-corrected chi connectivity index (χ1v) is 3.87. The van der Waals surface area contributed by atoms with Gasteiger partial charge in [-0.25, -0.2) is 0 Å². The Labute approximate surface area is 72.3 Å². The maximum atomic E-state index is 5.57. The molecule has 0 radical (unpaired) electrons. The van der Waals surface area contributed by atoms with Gasteiger partial charge >= 0.3 is 0 Å². The highest BCUT2D eigenvalue weighted by Gasteiger charge is 1.95. The average Bonchev–Trinajstić information content (AvgIpc) is 2.05. The maximum Gasteiger partial charge on any atom is 0.0298 e. The van der Waals surface area contributed by atoms with E-state index in [4.69, 9.17) is 5.73 Å². The molecule has 0 aromatic heterocycles. The number of benzene rings is 1. The highest BCUT2D eigenvalue weighted by Crippen LogP contribution is 2.18. The Morgan fingerprint density at radius 2 is 1.82 bits per heavy atom. The number of allylic oxidation sites excluding steroid dienone is 1. The lowest BCUT2D eigenvalue weighted by Gasteiger charge is -2.01. The number of hydrogen-bond donors (Lipinski definition) is 2. The van der Waals surface area contributed by atoms with Crippen molar-refractivity contribution in [2.45, 2.75) is 6.92 Å². The molecule has 0 aliphatic carbocycles. The first-order valence-electron chi connectivity index (χ1n) is 3.42. The van der Waals surface area contributed by atoms with Crippen LogP contribution in [0.3, 0.4) is 0 Å². The Balaban J connectivity index is 3.04. The van der Waals surface area contributed by atoms with Crippen molar-refractivity contribution in [1.29, 1.82) is 0 Å². The van der Waals surface area contributed by atoms with Gasteiger partial charge in [0.05, 0.1) is 0 Å². The van der Waals surface area contributed by atoms with Crippen LogP contribution in [0.4, 0.5) is 0 Å². The number of hydrogen-bond acceptors (Lipinski definition) is 2. The summed E-state index contributed by atoms with van der Waals surface area (Å²) < 4.78 is 0. The van der Waals surface area contributed by atoms with E-state index in [1.165, 1.54) is 0 Å². The molecule has 0 aliphatic heterocycles. The van der Waals surface area contributed by atoms with Crippen molar-refractivity contribution < 1.29 is 0 Å². The van der Waals surface area contributed by atoms with E-state index in [2.05, 4.69) is 12.6 Å². The molecule has 11 heavy (non-hydrogen) atoms. The van der Waals surface area contributed by atoms with Crippen molar-refractivity contribution in [2.75, 3.05) is 0 Å². The molecule has 2 heteroatoms. The second-order valence-electron chi connectivity index (χ2n) is 2.40. The SMILES string of the molecule is C/C(N)=C(/S)c1ccccc1. The third-order valence-electron chi connectivity index (χ3n) is 1.42. The molecule has 1 aromatic rings. The van der Waals surface area contributed by atoms with Gasteiger partial charge in [0.15, 0.2) is 0 Å². The Morgan fingerprint density at radius 1 is 1.27 bits per heavy atom. The zero-order valence-corrected chi connectivity index (χ0v) is 7.31. The lowest BCUT2D eigenvalue weighted by molar-refractivity contribution is 1.34. The van der Waals surface area contributed by atoms with Gasteiger partial charge in [0.25, 0.3) is 0 Å². The van der Waals surface area contributed by atoms with Crippen molar-refractivity contribution in [3.8, 4) is 0 Å². The largest absolute Gasteiger partial charge is 0.401 e. The molecule has 0 saturated carbocycles. The van der Waals surface area contributed by atoms with Gasteiger partial charge in [-0.05, 0) is 12.5 Å². The summed E-state index contributed by atoms with van der Waals surface area (Å²) in [7, 11) is 0. The summed E-state index contributed by atoms with van der Waals surface area (Å²) in [6.07, 6.45) is 0. The standard InChI is InChI=1S/C9H11NS/c1-7(10)9(11)8-5-3-2-4-6-8/h2-6,11H,10H2,1H3/b9-7-. The zero-order chi connectivity index (χ0) is 8.27. The molecule has 0 aliphatic rings. The van der Waals surface area contributed by atoms with Crippen LogP contribution in [0.5, 0.6) is 0 Å². The van der Waals surface area contributed by atoms with Crippen LogP contribution in [0.2, 0.25) is 0 Å². The van der Waals surface area contributed by atoms with Crippen LogP contribution in [0.1, 0.15) is 12.5 Å². The number of thiol groups is 1. The fraction of sp³-hybridized carbons (Fsp3) is 0.111. The van der Waals surface area contributed by atoms with Crippen molar-refractivity contribution in [3.05, 3.63) is 41.6 Å². The van der Waals surface area contributed by atoms with Crippen LogP contribution in [0, 0.1) is 0 Å². The molecule has 58 valence electrons. The van der Waals surface area contributed by atoms with Gasteiger partial charge in [-0.2, -0.15) is 0 Å². The lowest BCUT2D eigenvalue weighted by Crippen LogP contribution is -1.93. The van der Waals surface area contributed by atoms with Crippen LogP contribution in [0.25, 0.3) is 4.91 Å². The molecule has 2 N–H and O–H groups in total. The van der Waals surface area contributed by atoms with Crippen molar-refractivity contribution in [2.24, 2.45) is 5.73 Å². The van der Waals surface area contributed by atoms with Gasteiger partial charge in [-0.3, -0.25) is 0 Å². The topological polar surface area (TPSA) is 26.0 Å². The molecule has 0 bridgehead atoms. The first kappa shape index (κ1) is 8.21. The summed E-state index contributed by atoms with van der Waals surface area (Å²) in [5.74, 6) is 0. The second kappa shape index (κ2) is 3.49. The Hall–Kier alpha value is -0.890. The van der Waals surface area contributed by atoms with E-state index in [-0.39, 0.29) is 0 Å². The molecule has 0 fully saturated rings. The normalized spacial score (nSPS) is 12.5. The summed E-state index contributed by atoms with van der Waals surface area (Å²) in [4.78, 5) is 0.852. The highest BCUT2D eigenvalue weighted by atomic mass is 32.1. The highest BCUT2D eigenvalue weighted by molar-refractivity contribution is 7.90. The number of nitrogens with two attached hydrogens (primary N) is 1. The average molecular weight is 165 g/mol. The lowest BCUT2D eigenvalue weighted by atomic mass is 10.2. The van der Waals surface area contributed by atoms with Crippen LogP contribution in [-0.4, -0.2) is 0 Å². The van der Waals surface area contributed by atoms with E-state index in [1.54, 1.807) is 0 Å². The van der Waals surface area contributed by atoms with Crippen LogP contribution < -0.4 is 5.73 Å². The fourth-order valence-electron chi connectivity index (χ4n) is 0.824. The minimum Gasteiger partial charge on any atom is -0.401 e. The molecular weight excluding hydrogens is 154 g/mol. The Kier molecular flexibility index (Phi) is 2.60. The third-order valence-corrected chi connectivity index (χ3v) is 2.03. The molecule has 0 saturated heterocycles. The zero-order valence-electron chi connectivity index (χ0n) is 6.41. The van der Waals surface area contributed by atoms with Gasteiger partial charge in [0, 0.05) is 10.6 Å². The van der Waals surface area contributed by atoms with Crippen molar-refractivity contribution in [1.82, 2.24) is 0 Å². The van der Waals surface area contributed by atoms with Crippen LogP contribution in [0.15, 0.2) is 36.0 Å². The van der Waals surface area contributed by atoms with E-state index in [9.17, 15) is 0 Å². The Bertz CT molecular complexity index is 260. The van der Waals surface area contributed by atoms with Crippen molar-refractivity contribution >= 4 is 17.5 Å². The molecular formula is C9H11NS. The minimum absolute atomic E-state index is 0.750. The van der Waals surface area contributed by atoms with Gasteiger partial charge < -0.3 is 5.73 Å². The summed E-state index contributed by atoms with van der Waals surface area (Å²) in [6.45, 7) is 1.84. The smallest absolute Gasteiger partial charge is 0.0298 e. The molecule has 1 aromatic carbocycles. The second-order valence-corrected chi connectivity index (χ2v) is 2.84. The molecule has 1 rings (SSSR count). The van der Waals surface area contributed by atoms with Crippen LogP contribution in [-0.2, 0) is 0 Å². The van der Waals surface area contributed by atoms with E-state index in [0.717, 1.165) is 16.2 Å². The summed E-state index contributed by atoms with van der Waals surface area (Å²) in [5.41, 5.74) is 7.39. The molecule has 0 heterocycles. The van der Waals surface area contributed by atoms with Gasteiger partial charge in [0.1, 0.15) is 0 Å². The number of rotatable bonds is 1. The van der Waals surface area contributed by atoms with E-state index in [0.29, 0.717) is 0 Å². The van der Waals surface area contributed by atoms with E-state index in [1.807, 2.05) is 37.3 Å². The van der Waals surface area contributed by atoms with Gasteiger partial charge in [-0.1, -0.05) is 30.3 Å². The third kappa shape index (κ3) is 2.02. The fourth-order valence-corrected chi connectivity index (χ4v) is 0.973. The predicted molar refractivity (Wildman–Crippen MR) is 52.2 cm³/mol. The summed E-state index contributed by atoms with van der Waals surface area (Å²) >= 11 is 4.27. The Morgan fingerprint density at radius 3 is 2.27 bits per heavy atom. The van der Waals surface area contributed by atoms with E-state index >= 15 is 0 Å². The van der Waals surface area contributed by atoms with Gasteiger partial charge in [-0.15, -0.1) is 12.6 Å². The summed E-state index contributed by atoms with van der Waals surface area (Å²) in [6, 6.07) is 9.87. The molecule has 0 spiro atoms. The monoisotopic (exact) mass is 165 g/mol. The maximum absolute atomic E-state index is 5.57. The molecule has 1 nitrogen and oxygen atoms in total. The van der Waals surface area contributed by atoms with Gasteiger partial charge in [0.2, 0.25) is 0 Å². The molecule has 0 atom stereocenters. The molecule has 0 amide bonds.